The molecule has 1 fully saturated rings. The second-order valence-electron chi connectivity index (χ2n) is 5.99. The van der Waals surface area contributed by atoms with Crippen molar-refractivity contribution in [2.45, 2.75) is 29.7 Å². The van der Waals surface area contributed by atoms with Gasteiger partial charge in [-0.1, -0.05) is 36.4 Å². The molecule has 1 atom stereocenters. The van der Waals surface area contributed by atoms with Crippen LogP contribution in [0.25, 0.3) is 0 Å². The van der Waals surface area contributed by atoms with E-state index in [2.05, 4.69) is 0 Å². The van der Waals surface area contributed by atoms with Crippen LogP contribution in [-0.4, -0.2) is 31.4 Å². The van der Waals surface area contributed by atoms with Gasteiger partial charge in [0.1, 0.15) is 4.21 Å². The van der Waals surface area contributed by atoms with E-state index in [4.69, 9.17) is 4.74 Å². The first kappa shape index (κ1) is 15.7. The smallest absolute Gasteiger partial charge is 0.253 e. The highest BCUT2D eigenvalue weighted by atomic mass is 32.2. The van der Waals surface area contributed by atoms with E-state index in [1.807, 2.05) is 44.2 Å². The van der Waals surface area contributed by atoms with Gasteiger partial charge in [-0.15, -0.1) is 11.3 Å². The van der Waals surface area contributed by atoms with Gasteiger partial charge < -0.3 is 4.74 Å². The van der Waals surface area contributed by atoms with Crippen molar-refractivity contribution in [3.8, 4) is 0 Å². The molecule has 0 saturated carbocycles. The van der Waals surface area contributed by atoms with Crippen LogP contribution in [0.3, 0.4) is 0 Å². The van der Waals surface area contributed by atoms with Crippen LogP contribution in [0.15, 0.2) is 52.1 Å². The van der Waals surface area contributed by atoms with Gasteiger partial charge in [-0.25, -0.2) is 8.42 Å². The Morgan fingerprint density at radius 3 is 2.55 bits per heavy atom. The fourth-order valence-electron chi connectivity index (χ4n) is 2.64. The molecule has 1 unspecified atom stereocenters. The summed E-state index contributed by atoms with van der Waals surface area (Å²) in [5.74, 6) is 0. The Bertz CT molecular complexity index is 724. The molecule has 0 N–H and O–H groups in total. The third kappa shape index (κ3) is 2.84. The van der Waals surface area contributed by atoms with Gasteiger partial charge in [0.05, 0.1) is 18.2 Å². The molecule has 1 saturated heterocycles. The molecule has 1 aromatic heterocycles. The zero-order valence-corrected chi connectivity index (χ0v) is 14.2. The number of ether oxygens (including phenoxy) is 1. The summed E-state index contributed by atoms with van der Waals surface area (Å²) in [6, 6.07) is 13.2. The molecule has 2 aromatic rings. The first-order valence-corrected chi connectivity index (χ1v) is 9.46. The predicted molar refractivity (Wildman–Crippen MR) is 87.4 cm³/mol. The predicted octanol–water partition coefficient (Wildman–Crippen LogP) is 3.29. The van der Waals surface area contributed by atoms with Crippen molar-refractivity contribution in [3.63, 3.8) is 0 Å². The largest absolute Gasteiger partial charge is 0.370 e. The van der Waals surface area contributed by atoms with Gasteiger partial charge in [0.2, 0.25) is 0 Å². The van der Waals surface area contributed by atoms with Crippen molar-refractivity contribution >= 4 is 21.4 Å². The number of hydrogen-bond donors (Lipinski definition) is 0. The minimum Gasteiger partial charge on any atom is -0.370 e. The zero-order chi connectivity index (χ0) is 15.8. The van der Waals surface area contributed by atoms with Gasteiger partial charge in [0.25, 0.3) is 10.0 Å². The van der Waals surface area contributed by atoms with Crippen molar-refractivity contribution in [2.24, 2.45) is 0 Å². The maximum absolute atomic E-state index is 12.9. The van der Waals surface area contributed by atoms with Gasteiger partial charge in [-0.3, -0.25) is 0 Å². The van der Waals surface area contributed by atoms with E-state index >= 15 is 0 Å². The fraction of sp³-hybridized carbons (Fsp3) is 0.375. The quantitative estimate of drug-likeness (QED) is 0.863. The monoisotopic (exact) mass is 337 g/mol. The summed E-state index contributed by atoms with van der Waals surface area (Å²) in [7, 11) is -3.50. The van der Waals surface area contributed by atoms with Crippen LogP contribution >= 0.6 is 11.3 Å². The highest BCUT2D eigenvalue weighted by Crippen LogP contribution is 2.35. The molecule has 22 heavy (non-hydrogen) atoms. The number of thiophene rings is 1. The molecule has 1 aliphatic heterocycles. The topological polar surface area (TPSA) is 46.6 Å². The minimum atomic E-state index is -3.50. The summed E-state index contributed by atoms with van der Waals surface area (Å²) in [4.78, 5) is 0. The summed E-state index contributed by atoms with van der Waals surface area (Å²) in [6.45, 7) is 4.51. The molecule has 0 amide bonds. The number of morpholine rings is 1. The SMILES string of the molecule is CC1(C)COC(c2ccccc2)CN1S(=O)(=O)c1cccs1. The van der Waals surface area contributed by atoms with E-state index in [1.54, 1.807) is 21.8 Å². The second-order valence-corrected chi connectivity index (χ2v) is 9.03. The van der Waals surface area contributed by atoms with E-state index in [-0.39, 0.29) is 6.10 Å². The Labute approximate surface area is 135 Å². The molecular formula is C16H19NO3S2. The maximum Gasteiger partial charge on any atom is 0.253 e. The van der Waals surface area contributed by atoms with E-state index in [0.29, 0.717) is 17.4 Å². The molecule has 0 radical (unpaired) electrons. The third-order valence-corrected chi connectivity index (χ3v) is 7.31. The number of sulfonamides is 1. The highest BCUT2D eigenvalue weighted by Gasteiger charge is 2.43. The molecule has 0 spiro atoms. The van der Waals surface area contributed by atoms with Crippen molar-refractivity contribution in [3.05, 3.63) is 53.4 Å². The molecule has 2 heterocycles. The second kappa shape index (κ2) is 5.77. The lowest BCUT2D eigenvalue weighted by Gasteiger charge is -2.44. The first-order valence-electron chi connectivity index (χ1n) is 7.14. The van der Waals surface area contributed by atoms with Crippen LogP contribution in [0.2, 0.25) is 0 Å². The zero-order valence-electron chi connectivity index (χ0n) is 12.6. The van der Waals surface area contributed by atoms with Gasteiger partial charge in [0.15, 0.2) is 0 Å². The lowest BCUT2D eigenvalue weighted by atomic mass is 10.0. The molecule has 0 bridgehead atoms. The molecule has 118 valence electrons. The maximum atomic E-state index is 12.9. The van der Waals surface area contributed by atoms with Crippen LogP contribution < -0.4 is 0 Å². The van der Waals surface area contributed by atoms with Crippen LogP contribution in [0.1, 0.15) is 25.5 Å². The molecule has 3 rings (SSSR count). The van der Waals surface area contributed by atoms with Crippen molar-refractivity contribution < 1.29 is 13.2 Å². The normalized spacial score (nSPS) is 22.5. The van der Waals surface area contributed by atoms with Crippen molar-refractivity contribution in [1.29, 1.82) is 0 Å². The molecular weight excluding hydrogens is 318 g/mol. The molecule has 6 heteroatoms. The van der Waals surface area contributed by atoms with Crippen LogP contribution in [0, 0.1) is 0 Å². The summed E-state index contributed by atoms with van der Waals surface area (Å²) >= 11 is 1.25. The van der Waals surface area contributed by atoms with E-state index in [9.17, 15) is 8.42 Å². The lowest BCUT2D eigenvalue weighted by Crippen LogP contribution is -2.55. The van der Waals surface area contributed by atoms with Crippen molar-refractivity contribution in [1.82, 2.24) is 4.31 Å². The average molecular weight is 337 g/mol. The Kier molecular flexibility index (Phi) is 4.11. The summed E-state index contributed by atoms with van der Waals surface area (Å²) in [5, 5.41) is 1.79. The number of hydrogen-bond acceptors (Lipinski definition) is 4. The van der Waals surface area contributed by atoms with E-state index < -0.39 is 15.6 Å². The Morgan fingerprint density at radius 1 is 1.18 bits per heavy atom. The number of rotatable bonds is 3. The van der Waals surface area contributed by atoms with E-state index in [0.717, 1.165) is 5.56 Å². The van der Waals surface area contributed by atoms with Crippen LogP contribution in [0.4, 0.5) is 0 Å². The fourth-order valence-corrected chi connectivity index (χ4v) is 5.51. The van der Waals surface area contributed by atoms with Gasteiger partial charge in [-0.2, -0.15) is 4.31 Å². The lowest BCUT2D eigenvalue weighted by molar-refractivity contribution is -0.0654. The molecule has 4 nitrogen and oxygen atoms in total. The van der Waals surface area contributed by atoms with Gasteiger partial charge in [-0.05, 0) is 30.9 Å². The van der Waals surface area contributed by atoms with Gasteiger partial charge >= 0.3 is 0 Å². The minimum absolute atomic E-state index is 0.232. The molecule has 1 aromatic carbocycles. The highest BCUT2D eigenvalue weighted by molar-refractivity contribution is 7.91. The van der Waals surface area contributed by atoms with Crippen molar-refractivity contribution in [2.75, 3.05) is 13.2 Å². The summed E-state index contributed by atoms with van der Waals surface area (Å²) in [6.07, 6.45) is -0.232. The summed E-state index contributed by atoms with van der Waals surface area (Å²) < 4.78 is 33.7. The Hall–Kier alpha value is -1.21. The Morgan fingerprint density at radius 2 is 1.91 bits per heavy atom. The number of benzene rings is 1. The van der Waals surface area contributed by atoms with Crippen LogP contribution in [-0.2, 0) is 14.8 Å². The van der Waals surface area contributed by atoms with E-state index in [1.165, 1.54) is 11.3 Å². The Balaban J connectivity index is 1.94. The standard InChI is InChI=1S/C16H19NO3S2/c1-16(2)12-20-14(13-7-4-3-5-8-13)11-17(16)22(18,19)15-9-6-10-21-15/h3-10,14H,11-12H2,1-2H3. The average Bonchev–Trinajstić information content (AvgIpc) is 3.02. The third-order valence-electron chi connectivity index (χ3n) is 3.86. The van der Waals surface area contributed by atoms with Crippen LogP contribution in [0.5, 0.6) is 0 Å². The molecule has 0 aliphatic carbocycles. The molecule has 1 aliphatic rings. The summed E-state index contributed by atoms with van der Waals surface area (Å²) in [5.41, 5.74) is 0.443. The van der Waals surface area contributed by atoms with Gasteiger partial charge in [0, 0.05) is 6.54 Å². The first-order chi connectivity index (χ1) is 10.4. The number of nitrogens with zero attached hydrogens (tertiary/aromatic N) is 1.